The maximum Gasteiger partial charge on any atom is 0.224 e. The molecule has 1 aromatic heterocycles. The molecule has 1 amide bonds. The van der Waals surface area contributed by atoms with Crippen LogP contribution in [0.2, 0.25) is 0 Å². The summed E-state index contributed by atoms with van der Waals surface area (Å²) >= 11 is 0. The van der Waals surface area contributed by atoms with Gasteiger partial charge in [0.25, 0.3) is 0 Å². The number of carbonyl (C=O) groups excluding carboxylic acids is 1. The number of hydrogen-bond acceptors (Lipinski definition) is 5. The average Bonchev–Trinajstić information content (AvgIpc) is 2.82. The van der Waals surface area contributed by atoms with Gasteiger partial charge in [-0.3, -0.25) is 9.79 Å². The summed E-state index contributed by atoms with van der Waals surface area (Å²) in [5.74, 6) is 1.96. The van der Waals surface area contributed by atoms with Gasteiger partial charge in [0.15, 0.2) is 5.96 Å². The molecule has 8 nitrogen and oxygen atoms in total. The minimum absolute atomic E-state index is 0.178. The van der Waals surface area contributed by atoms with Crippen LogP contribution >= 0.6 is 0 Å². The van der Waals surface area contributed by atoms with Gasteiger partial charge < -0.3 is 25.3 Å². The van der Waals surface area contributed by atoms with Gasteiger partial charge in [-0.2, -0.15) is 0 Å². The van der Waals surface area contributed by atoms with Crippen molar-refractivity contribution in [2.45, 2.75) is 53.0 Å². The van der Waals surface area contributed by atoms with Gasteiger partial charge in [0.05, 0.1) is 6.54 Å². The van der Waals surface area contributed by atoms with E-state index in [1.165, 1.54) is 0 Å². The summed E-state index contributed by atoms with van der Waals surface area (Å²) in [6.45, 7) is 16.5. The first kappa shape index (κ1) is 25.9. The molecule has 0 bridgehead atoms. The lowest BCUT2D eigenvalue weighted by molar-refractivity contribution is -0.131. The van der Waals surface area contributed by atoms with Gasteiger partial charge in [-0.15, -0.1) is 0 Å². The van der Waals surface area contributed by atoms with Crippen LogP contribution in [0.5, 0.6) is 0 Å². The zero-order chi connectivity index (χ0) is 23.2. The molecule has 0 radical (unpaired) electrons. The third-order valence-corrected chi connectivity index (χ3v) is 5.93. The third kappa shape index (κ3) is 9.02. The van der Waals surface area contributed by atoms with Crippen molar-refractivity contribution in [1.29, 1.82) is 0 Å². The van der Waals surface area contributed by atoms with Crippen LogP contribution in [-0.2, 0) is 4.79 Å². The van der Waals surface area contributed by atoms with E-state index in [0.29, 0.717) is 19.0 Å². The highest BCUT2D eigenvalue weighted by molar-refractivity contribution is 5.81. The molecule has 180 valence electrons. The van der Waals surface area contributed by atoms with E-state index in [4.69, 9.17) is 0 Å². The number of nitrogens with one attached hydrogen (secondary N) is 2. The molecule has 0 spiro atoms. The van der Waals surface area contributed by atoms with E-state index in [1.54, 1.807) is 0 Å². The third-order valence-electron chi connectivity index (χ3n) is 5.93. The highest BCUT2D eigenvalue weighted by Gasteiger charge is 2.21. The maximum atomic E-state index is 12.6. The first-order valence-corrected chi connectivity index (χ1v) is 12.3. The molecule has 2 N–H and O–H groups in total. The predicted octanol–water partition coefficient (Wildman–Crippen LogP) is 2.19. The molecule has 0 aliphatic carbocycles. The number of piperazine rings is 1. The van der Waals surface area contributed by atoms with E-state index in [-0.39, 0.29) is 5.91 Å². The van der Waals surface area contributed by atoms with Gasteiger partial charge in [-0.1, -0.05) is 19.9 Å². The molecule has 32 heavy (non-hydrogen) atoms. The zero-order valence-corrected chi connectivity index (χ0v) is 20.5. The summed E-state index contributed by atoms with van der Waals surface area (Å²) in [6, 6.07) is 6.29. The van der Waals surface area contributed by atoms with Crippen LogP contribution in [0.4, 0.5) is 5.82 Å². The smallest absolute Gasteiger partial charge is 0.224 e. The summed E-state index contributed by atoms with van der Waals surface area (Å²) in [6.07, 6.45) is 4.52. The van der Waals surface area contributed by atoms with Gasteiger partial charge in [-0.25, -0.2) is 4.98 Å². The van der Waals surface area contributed by atoms with Crippen LogP contribution in [0, 0.1) is 0 Å². The lowest BCUT2D eigenvalue weighted by Crippen LogP contribution is -2.49. The Bertz CT molecular complexity index is 670. The number of hydrogen-bond donors (Lipinski definition) is 2. The first-order valence-electron chi connectivity index (χ1n) is 12.3. The van der Waals surface area contributed by atoms with Crippen LogP contribution in [0.1, 0.15) is 47.0 Å². The highest BCUT2D eigenvalue weighted by atomic mass is 16.2. The summed E-state index contributed by atoms with van der Waals surface area (Å²) in [5, 5.41) is 6.79. The number of aromatic nitrogens is 1. The number of pyridine rings is 1. The Morgan fingerprint density at radius 1 is 1.19 bits per heavy atom. The molecule has 0 saturated carbocycles. The van der Waals surface area contributed by atoms with Crippen LogP contribution in [0.25, 0.3) is 0 Å². The Morgan fingerprint density at radius 2 is 1.94 bits per heavy atom. The predicted molar refractivity (Wildman–Crippen MR) is 133 cm³/mol. The molecule has 1 fully saturated rings. The van der Waals surface area contributed by atoms with Crippen molar-refractivity contribution in [3.8, 4) is 0 Å². The minimum atomic E-state index is 0.178. The number of guanidine groups is 1. The Kier molecular flexibility index (Phi) is 11.9. The number of amides is 1. The Morgan fingerprint density at radius 3 is 2.56 bits per heavy atom. The van der Waals surface area contributed by atoms with Gasteiger partial charge >= 0.3 is 0 Å². The van der Waals surface area contributed by atoms with E-state index >= 15 is 0 Å². The Labute approximate surface area is 194 Å². The lowest BCUT2D eigenvalue weighted by atomic mass is 10.2. The van der Waals surface area contributed by atoms with Crippen LogP contribution in [0.15, 0.2) is 29.4 Å². The van der Waals surface area contributed by atoms with Gasteiger partial charge in [-0.05, 0) is 58.5 Å². The molecule has 0 aromatic carbocycles. The first-order chi connectivity index (χ1) is 15.6. The lowest BCUT2D eigenvalue weighted by Gasteiger charge is -2.35. The van der Waals surface area contributed by atoms with E-state index in [2.05, 4.69) is 58.1 Å². The van der Waals surface area contributed by atoms with E-state index < -0.39 is 0 Å². The molecule has 1 aliphatic heterocycles. The highest BCUT2D eigenvalue weighted by Crippen LogP contribution is 2.13. The molecule has 8 heteroatoms. The van der Waals surface area contributed by atoms with Crippen molar-refractivity contribution >= 4 is 17.7 Å². The fourth-order valence-electron chi connectivity index (χ4n) is 3.93. The minimum Gasteiger partial charge on any atom is -0.357 e. The zero-order valence-electron chi connectivity index (χ0n) is 20.5. The summed E-state index contributed by atoms with van der Waals surface area (Å²) in [4.78, 5) is 28.3. The summed E-state index contributed by atoms with van der Waals surface area (Å²) < 4.78 is 0. The van der Waals surface area contributed by atoms with Crippen LogP contribution in [0.3, 0.4) is 0 Å². The molecule has 1 aromatic rings. The molecular formula is C24H43N7O. The van der Waals surface area contributed by atoms with Gasteiger partial charge in [0.2, 0.25) is 5.91 Å². The van der Waals surface area contributed by atoms with Crippen LogP contribution in [-0.4, -0.2) is 91.6 Å². The number of nitrogens with zero attached hydrogens (tertiary/aromatic N) is 5. The van der Waals surface area contributed by atoms with Gasteiger partial charge in [0.1, 0.15) is 5.82 Å². The maximum absolute atomic E-state index is 12.6. The van der Waals surface area contributed by atoms with Crippen molar-refractivity contribution in [2.75, 3.05) is 63.8 Å². The number of anilines is 1. The molecule has 1 saturated heterocycles. The second kappa shape index (κ2) is 14.7. The number of aliphatic imine (C=N–C) groups is 1. The van der Waals surface area contributed by atoms with Crippen molar-refractivity contribution in [1.82, 2.24) is 25.4 Å². The van der Waals surface area contributed by atoms with Crippen molar-refractivity contribution in [2.24, 2.45) is 4.99 Å². The standard InChI is InChI=1S/C24H43N7O/c1-5-25-24(28-21(4)11-10-16-29(6-2)7-3)27-15-13-23(32)31-19-17-30(18-20-31)22-12-8-9-14-26-22/h8-9,12,14,21H,5-7,10-11,13,15-20H2,1-4H3,(H2,25,27,28). The second-order valence-electron chi connectivity index (χ2n) is 8.28. The average molecular weight is 446 g/mol. The van der Waals surface area contributed by atoms with E-state index in [1.807, 2.05) is 29.3 Å². The molecule has 2 heterocycles. The molecule has 1 atom stereocenters. The molecule has 2 rings (SSSR count). The monoisotopic (exact) mass is 445 g/mol. The fourth-order valence-corrected chi connectivity index (χ4v) is 3.93. The summed E-state index contributed by atoms with van der Waals surface area (Å²) in [5.41, 5.74) is 0. The SMILES string of the molecule is CCNC(=NCCC(=O)N1CCN(c2ccccn2)CC1)NC(C)CCCN(CC)CC. The quantitative estimate of drug-likeness (QED) is 0.379. The van der Waals surface area contributed by atoms with Crippen molar-refractivity contribution in [3.05, 3.63) is 24.4 Å². The number of rotatable bonds is 12. The number of carbonyl (C=O) groups is 1. The second-order valence-corrected chi connectivity index (χ2v) is 8.28. The molecular weight excluding hydrogens is 402 g/mol. The molecule has 1 aliphatic rings. The van der Waals surface area contributed by atoms with Crippen molar-refractivity contribution in [3.63, 3.8) is 0 Å². The Hall–Kier alpha value is -2.35. The van der Waals surface area contributed by atoms with E-state index in [9.17, 15) is 4.79 Å². The topological polar surface area (TPSA) is 76.1 Å². The normalized spacial score (nSPS) is 15.7. The largest absolute Gasteiger partial charge is 0.357 e. The van der Waals surface area contributed by atoms with Crippen LogP contribution < -0.4 is 15.5 Å². The van der Waals surface area contributed by atoms with Gasteiger partial charge in [0, 0.05) is 51.4 Å². The molecule has 1 unspecified atom stereocenters. The van der Waals surface area contributed by atoms with E-state index in [0.717, 1.165) is 77.0 Å². The Balaban J connectivity index is 1.72. The fraction of sp³-hybridized carbons (Fsp3) is 0.708. The van der Waals surface area contributed by atoms with Crippen molar-refractivity contribution < 1.29 is 4.79 Å². The summed E-state index contributed by atoms with van der Waals surface area (Å²) in [7, 11) is 0.